The summed E-state index contributed by atoms with van der Waals surface area (Å²) < 4.78 is 112. The van der Waals surface area contributed by atoms with Crippen LogP contribution in [0.3, 0.4) is 0 Å². The lowest BCUT2D eigenvalue weighted by atomic mass is 10.3. The number of halogens is 6. The average Bonchev–Trinajstić information content (AvgIpc) is 2.76. The van der Waals surface area contributed by atoms with Gasteiger partial charge in [-0.15, -0.1) is 0 Å². The molecule has 1 aromatic carbocycles. The Morgan fingerprint density at radius 1 is 0.879 bits per heavy atom. The molecule has 0 N–H and O–H groups in total. The van der Waals surface area contributed by atoms with Crippen LogP contribution < -0.4 is 14.4 Å². The van der Waals surface area contributed by atoms with Crippen molar-refractivity contribution in [2.24, 2.45) is 0 Å². The fraction of sp³-hybridized carbons (Fsp3) is 0.444. The largest absolute Gasteiger partial charge is 0.484 e. The van der Waals surface area contributed by atoms with Crippen molar-refractivity contribution in [3.05, 3.63) is 36.7 Å². The fourth-order valence-electron chi connectivity index (χ4n) is 2.95. The molecule has 0 amide bonds. The van der Waals surface area contributed by atoms with Crippen LogP contribution in [0, 0.1) is 0 Å². The SMILES string of the molecule is O=S(=O)(c1cc(OCC(F)(F)F)ccc1OCC(F)(F)F)N1CCN(c2ncccn2)CC1. The van der Waals surface area contributed by atoms with Gasteiger partial charge in [0.05, 0.1) is 0 Å². The number of alkyl halides is 6. The van der Waals surface area contributed by atoms with Gasteiger partial charge in [-0.2, -0.15) is 30.6 Å². The summed E-state index contributed by atoms with van der Waals surface area (Å²) in [5, 5.41) is 0. The predicted molar refractivity (Wildman–Crippen MR) is 103 cm³/mol. The first kappa shape index (κ1) is 24.8. The number of aromatic nitrogens is 2. The highest BCUT2D eigenvalue weighted by atomic mass is 32.2. The van der Waals surface area contributed by atoms with Gasteiger partial charge in [-0.25, -0.2) is 18.4 Å². The van der Waals surface area contributed by atoms with Gasteiger partial charge in [0.25, 0.3) is 0 Å². The Morgan fingerprint density at radius 3 is 2.03 bits per heavy atom. The molecule has 0 aliphatic carbocycles. The van der Waals surface area contributed by atoms with Gasteiger partial charge in [0, 0.05) is 44.6 Å². The topological polar surface area (TPSA) is 84.9 Å². The quantitative estimate of drug-likeness (QED) is 0.541. The van der Waals surface area contributed by atoms with E-state index in [0.29, 0.717) is 5.95 Å². The van der Waals surface area contributed by atoms with Crippen LogP contribution >= 0.6 is 0 Å². The monoisotopic (exact) mass is 500 g/mol. The van der Waals surface area contributed by atoms with Gasteiger partial charge in [0.1, 0.15) is 16.4 Å². The van der Waals surface area contributed by atoms with Crippen LogP contribution in [-0.4, -0.2) is 74.4 Å². The minimum Gasteiger partial charge on any atom is -0.484 e. The van der Waals surface area contributed by atoms with Gasteiger partial charge in [-0.05, 0) is 18.2 Å². The van der Waals surface area contributed by atoms with Gasteiger partial charge in [-0.3, -0.25) is 0 Å². The minimum atomic E-state index is -4.76. The number of ether oxygens (including phenoxy) is 2. The number of nitrogens with zero attached hydrogens (tertiary/aromatic N) is 4. The Morgan fingerprint density at radius 2 is 1.45 bits per heavy atom. The van der Waals surface area contributed by atoms with Crippen molar-refractivity contribution < 1.29 is 44.2 Å². The average molecular weight is 500 g/mol. The third-order valence-electron chi connectivity index (χ3n) is 4.40. The number of hydrogen-bond donors (Lipinski definition) is 0. The van der Waals surface area contributed by atoms with Crippen molar-refractivity contribution >= 4 is 16.0 Å². The van der Waals surface area contributed by atoms with E-state index in [1.807, 2.05) is 0 Å². The van der Waals surface area contributed by atoms with Crippen molar-refractivity contribution in [3.63, 3.8) is 0 Å². The number of piperazine rings is 1. The molecular formula is C18H18F6N4O4S. The molecule has 3 rings (SSSR count). The van der Waals surface area contributed by atoms with Gasteiger partial charge < -0.3 is 14.4 Å². The van der Waals surface area contributed by atoms with Gasteiger partial charge in [0.2, 0.25) is 16.0 Å². The van der Waals surface area contributed by atoms with Crippen molar-refractivity contribution in [1.82, 2.24) is 14.3 Å². The Kier molecular flexibility index (Phi) is 7.21. The van der Waals surface area contributed by atoms with E-state index in [2.05, 4.69) is 19.4 Å². The third-order valence-corrected chi connectivity index (χ3v) is 6.32. The van der Waals surface area contributed by atoms with E-state index in [1.165, 1.54) is 12.4 Å². The fourth-order valence-corrected chi connectivity index (χ4v) is 4.51. The molecule has 0 radical (unpaired) electrons. The number of sulfonamides is 1. The Bertz CT molecular complexity index is 1040. The number of anilines is 1. The summed E-state index contributed by atoms with van der Waals surface area (Å²) in [6.45, 7) is -3.24. The summed E-state index contributed by atoms with van der Waals surface area (Å²) in [4.78, 5) is 9.14. The standard InChI is InChI=1S/C18H18F6N4O4S/c19-17(20,21)11-31-13-2-3-14(32-12-18(22,23)24)15(10-13)33(29,30)28-8-6-27(7-9-28)16-25-4-1-5-26-16/h1-5,10H,6-9,11-12H2. The van der Waals surface area contributed by atoms with E-state index in [9.17, 15) is 34.8 Å². The maximum atomic E-state index is 13.2. The Labute approximate surface area is 184 Å². The van der Waals surface area contributed by atoms with Crippen LogP contribution in [0.5, 0.6) is 11.5 Å². The molecule has 1 aliphatic rings. The van der Waals surface area contributed by atoms with Crippen molar-refractivity contribution in [3.8, 4) is 11.5 Å². The highest BCUT2D eigenvalue weighted by molar-refractivity contribution is 7.89. The van der Waals surface area contributed by atoms with E-state index in [1.54, 1.807) is 11.0 Å². The highest BCUT2D eigenvalue weighted by Gasteiger charge is 2.35. The second kappa shape index (κ2) is 9.59. The van der Waals surface area contributed by atoms with E-state index in [-0.39, 0.29) is 26.2 Å². The summed E-state index contributed by atoms with van der Waals surface area (Å²) in [7, 11) is -4.43. The van der Waals surface area contributed by atoms with E-state index < -0.39 is 52.0 Å². The molecule has 2 aromatic rings. The zero-order valence-corrected chi connectivity index (χ0v) is 17.6. The number of rotatable bonds is 7. The second-order valence-electron chi connectivity index (χ2n) is 6.86. The molecule has 33 heavy (non-hydrogen) atoms. The molecular weight excluding hydrogens is 482 g/mol. The van der Waals surface area contributed by atoms with Gasteiger partial charge in [-0.1, -0.05) is 0 Å². The lowest BCUT2D eigenvalue weighted by Crippen LogP contribution is -2.49. The summed E-state index contributed by atoms with van der Waals surface area (Å²) in [6, 6.07) is 4.07. The molecule has 1 fully saturated rings. The first-order chi connectivity index (χ1) is 15.4. The molecule has 1 aromatic heterocycles. The summed E-state index contributed by atoms with van der Waals surface area (Å²) in [5.74, 6) is -0.756. The van der Waals surface area contributed by atoms with E-state index >= 15 is 0 Å². The Hall–Kier alpha value is -2.81. The first-order valence-corrected chi connectivity index (χ1v) is 10.8. The molecule has 0 spiro atoms. The van der Waals surface area contributed by atoms with E-state index in [4.69, 9.17) is 0 Å². The van der Waals surface area contributed by atoms with Crippen molar-refractivity contribution in [2.75, 3.05) is 44.3 Å². The van der Waals surface area contributed by atoms with Crippen LogP contribution in [0.4, 0.5) is 32.3 Å². The third kappa shape index (κ3) is 6.83. The molecule has 15 heteroatoms. The summed E-state index contributed by atoms with van der Waals surface area (Å²) in [5.41, 5.74) is 0. The van der Waals surface area contributed by atoms with Crippen LogP contribution in [0.25, 0.3) is 0 Å². The van der Waals surface area contributed by atoms with Crippen LogP contribution in [0.15, 0.2) is 41.6 Å². The molecule has 1 aliphatic heterocycles. The summed E-state index contributed by atoms with van der Waals surface area (Å²) >= 11 is 0. The second-order valence-corrected chi connectivity index (χ2v) is 8.76. The minimum absolute atomic E-state index is 0.0626. The summed E-state index contributed by atoms with van der Waals surface area (Å²) in [6.07, 6.45) is -6.42. The van der Waals surface area contributed by atoms with Crippen LogP contribution in [0.2, 0.25) is 0 Å². The number of hydrogen-bond acceptors (Lipinski definition) is 7. The zero-order chi connectivity index (χ0) is 24.3. The molecule has 8 nitrogen and oxygen atoms in total. The van der Waals surface area contributed by atoms with Gasteiger partial charge >= 0.3 is 12.4 Å². The Balaban J connectivity index is 1.83. The number of benzene rings is 1. The molecule has 0 bridgehead atoms. The highest BCUT2D eigenvalue weighted by Crippen LogP contribution is 2.33. The van der Waals surface area contributed by atoms with Crippen molar-refractivity contribution in [1.29, 1.82) is 0 Å². The molecule has 0 atom stereocenters. The molecule has 0 saturated carbocycles. The van der Waals surface area contributed by atoms with E-state index in [0.717, 1.165) is 22.5 Å². The molecule has 1 saturated heterocycles. The van der Waals surface area contributed by atoms with Gasteiger partial charge in [0.15, 0.2) is 13.2 Å². The zero-order valence-electron chi connectivity index (χ0n) is 16.8. The maximum Gasteiger partial charge on any atom is 0.422 e. The normalized spacial score (nSPS) is 16.0. The molecule has 182 valence electrons. The molecule has 2 heterocycles. The molecule has 0 unspecified atom stereocenters. The lowest BCUT2D eigenvalue weighted by Gasteiger charge is -2.34. The smallest absolute Gasteiger partial charge is 0.422 e. The van der Waals surface area contributed by atoms with Crippen LogP contribution in [-0.2, 0) is 10.0 Å². The maximum absolute atomic E-state index is 13.2. The van der Waals surface area contributed by atoms with Crippen molar-refractivity contribution in [2.45, 2.75) is 17.2 Å². The lowest BCUT2D eigenvalue weighted by molar-refractivity contribution is -0.154. The van der Waals surface area contributed by atoms with Crippen LogP contribution in [0.1, 0.15) is 0 Å². The predicted octanol–water partition coefficient (Wildman–Crippen LogP) is 2.87. The first-order valence-electron chi connectivity index (χ1n) is 9.40.